The molecule has 0 spiro atoms. The van der Waals surface area contributed by atoms with Crippen LogP contribution in [0.25, 0.3) is 0 Å². The van der Waals surface area contributed by atoms with Gasteiger partial charge in [0.05, 0.1) is 6.10 Å². The Hall–Kier alpha value is -0.570. The molecule has 0 aliphatic carbocycles. The van der Waals surface area contributed by atoms with E-state index < -0.39 is 6.10 Å². The molecule has 1 heterocycles. The minimum atomic E-state index is -0.466. The van der Waals surface area contributed by atoms with Gasteiger partial charge in [0, 0.05) is 6.42 Å². The summed E-state index contributed by atoms with van der Waals surface area (Å²) in [7, 11) is 0. The zero-order chi connectivity index (χ0) is 7.56. The van der Waals surface area contributed by atoms with Crippen molar-refractivity contribution in [1.29, 1.82) is 0 Å². The van der Waals surface area contributed by atoms with Crippen molar-refractivity contribution in [1.82, 2.24) is 0 Å². The van der Waals surface area contributed by atoms with Gasteiger partial charge < -0.3 is 9.84 Å². The maximum absolute atomic E-state index is 10.5. The molecule has 3 heteroatoms. The molecule has 0 saturated carbocycles. The Morgan fingerprint density at radius 3 is 3.00 bits per heavy atom. The third-order valence-electron chi connectivity index (χ3n) is 1.76. The summed E-state index contributed by atoms with van der Waals surface area (Å²) in [6.45, 7) is 1.87. The number of carbonyl (C=O) groups excluding carboxylic acids is 1. The summed E-state index contributed by atoms with van der Waals surface area (Å²) in [5.74, 6) is -0.183. The summed E-state index contributed by atoms with van der Waals surface area (Å²) in [6, 6.07) is 0. The van der Waals surface area contributed by atoms with Crippen LogP contribution in [-0.2, 0) is 9.53 Å². The molecule has 0 unspecified atom stereocenters. The van der Waals surface area contributed by atoms with E-state index in [4.69, 9.17) is 4.74 Å². The number of carbonyl (C=O) groups is 1. The van der Waals surface area contributed by atoms with E-state index in [-0.39, 0.29) is 12.1 Å². The van der Waals surface area contributed by atoms with Crippen LogP contribution in [0.15, 0.2) is 0 Å². The lowest BCUT2D eigenvalue weighted by atomic mass is 10.1. The molecule has 1 N–H and O–H groups in total. The Labute approximate surface area is 60.0 Å². The molecule has 0 aromatic heterocycles. The fourth-order valence-electron chi connectivity index (χ4n) is 1.08. The molecule has 10 heavy (non-hydrogen) atoms. The van der Waals surface area contributed by atoms with E-state index in [2.05, 4.69) is 0 Å². The van der Waals surface area contributed by atoms with Crippen molar-refractivity contribution in [2.24, 2.45) is 0 Å². The minimum absolute atomic E-state index is 0.183. The van der Waals surface area contributed by atoms with Crippen molar-refractivity contribution in [2.75, 3.05) is 0 Å². The van der Waals surface area contributed by atoms with Crippen LogP contribution in [0.4, 0.5) is 0 Å². The molecule has 1 fully saturated rings. The Kier molecular flexibility index (Phi) is 2.27. The summed E-state index contributed by atoms with van der Waals surface area (Å²) in [5.41, 5.74) is 0. The van der Waals surface area contributed by atoms with Gasteiger partial charge in [-0.3, -0.25) is 4.79 Å². The highest BCUT2D eigenvalue weighted by Gasteiger charge is 2.28. The SMILES string of the molecule is CC[C@@H](O)[C@H]1CCC(=O)O1. The van der Waals surface area contributed by atoms with Crippen LogP contribution in [0.1, 0.15) is 26.2 Å². The number of ether oxygens (including phenoxy) is 1. The first-order chi connectivity index (χ1) is 4.74. The molecule has 58 valence electrons. The molecular formula is C7H12O3. The maximum Gasteiger partial charge on any atom is 0.306 e. The van der Waals surface area contributed by atoms with Crippen molar-refractivity contribution in [3.05, 3.63) is 0 Å². The van der Waals surface area contributed by atoms with Gasteiger partial charge in [0.15, 0.2) is 0 Å². The van der Waals surface area contributed by atoms with Gasteiger partial charge in [-0.25, -0.2) is 0 Å². The predicted molar refractivity (Wildman–Crippen MR) is 35.4 cm³/mol. The Balaban J connectivity index is 2.36. The number of hydrogen-bond donors (Lipinski definition) is 1. The topological polar surface area (TPSA) is 46.5 Å². The molecule has 1 rings (SSSR count). The molecule has 1 aliphatic rings. The molecular weight excluding hydrogens is 132 g/mol. The fraction of sp³-hybridized carbons (Fsp3) is 0.857. The van der Waals surface area contributed by atoms with Gasteiger partial charge in [0.2, 0.25) is 0 Å². The Bertz CT molecular complexity index is 133. The van der Waals surface area contributed by atoms with Crippen LogP contribution in [0.2, 0.25) is 0 Å². The van der Waals surface area contributed by atoms with Gasteiger partial charge >= 0.3 is 5.97 Å². The van der Waals surface area contributed by atoms with Gasteiger partial charge in [-0.2, -0.15) is 0 Å². The van der Waals surface area contributed by atoms with Crippen molar-refractivity contribution in [3.63, 3.8) is 0 Å². The van der Waals surface area contributed by atoms with E-state index in [0.29, 0.717) is 19.3 Å². The molecule has 2 atom stereocenters. The van der Waals surface area contributed by atoms with E-state index in [1.54, 1.807) is 0 Å². The second kappa shape index (κ2) is 3.01. The van der Waals surface area contributed by atoms with Gasteiger partial charge in [-0.1, -0.05) is 6.92 Å². The van der Waals surface area contributed by atoms with E-state index in [1.165, 1.54) is 0 Å². The van der Waals surface area contributed by atoms with Crippen molar-refractivity contribution < 1.29 is 14.6 Å². The van der Waals surface area contributed by atoms with Crippen LogP contribution in [0.3, 0.4) is 0 Å². The van der Waals surface area contributed by atoms with E-state index in [1.807, 2.05) is 6.92 Å². The van der Waals surface area contributed by atoms with Gasteiger partial charge in [0.1, 0.15) is 6.10 Å². The van der Waals surface area contributed by atoms with Gasteiger partial charge in [-0.15, -0.1) is 0 Å². The molecule has 0 bridgehead atoms. The fourth-order valence-corrected chi connectivity index (χ4v) is 1.08. The second-order valence-corrected chi connectivity index (χ2v) is 2.54. The molecule has 1 aliphatic heterocycles. The first kappa shape index (κ1) is 7.54. The van der Waals surface area contributed by atoms with Crippen molar-refractivity contribution >= 4 is 5.97 Å². The van der Waals surface area contributed by atoms with E-state index in [9.17, 15) is 9.90 Å². The molecule has 0 aromatic carbocycles. The monoisotopic (exact) mass is 144 g/mol. The quantitative estimate of drug-likeness (QED) is 0.573. The first-order valence-corrected chi connectivity index (χ1v) is 3.61. The largest absolute Gasteiger partial charge is 0.460 e. The van der Waals surface area contributed by atoms with Crippen LogP contribution in [-0.4, -0.2) is 23.3 Å². The lowest BCUT2D eigenvalue weighted by Crippen LogP contribution is -2.24. The zero-order valence-corrected chi connectivity index (χ0v) is 6.04. The van der Waals surface area contributed by atoms with Crippen LogP contribution < -0.4 is 0 Å². The summed E-state index contributed by atoms with van der Waals surface area (Å²) < 4.78 is 4.83. The average molecular weight is 144 g/mol. The third kappa shape index (κ3) is 1.48. The Morgan fingerprint density at radius 2 is 2.60 bits per heavy atom. The van der Waals surface area contributed by atoms with Crippen molar-refractivity contribution in [3.8, 4) is 0 Å². The highest BCUT2D eigenvalue weighted by molar-refractivity contribution is 5.71. The summed E-state index contributed by atoms with van der Waals surface area (Å²) in [4.78, 5) is 10.5. The highest BCUT2D eigenvalue weighted by Crippen LogP contribution is 2.18. The summed E-state index contributed by atoms with van der Waals surface area (Å²) in [6.07, 6.45) is 1.08. The maximum atomic E-state index is 10.5. The van der Waals surface area contributed by atoms with Crippen LogP contribution >= 0.6 is 0 Å². The summed E-state index contributed by atoms with van der Waals surface area (Å²) >= 11 is 0. The van der Waals surface area contributed by atoms with Crippen molar-refractivity contribution in [2.45, 2.75) is 38.4 Å². The van der Waals surface area contributed by atoms with Gasteiger partial charge in [-0.05, 0) is 12.8 Å². The van der Waals surface area contributed by atoms with E-state index in [0.717, 1.165) is 0 Å². The standard InChI is InChI=1S/C7H12O3/c1-2-5(8)6-3-4-7(9)10-6/h5-6,8H,2-4H2,1H3/t5-,6-/m1/s1. The number of hydrogen-bond acceptors (Lipinski definition) is 3. The molecule has 0 amide bonds. The predicted octanol–water partition coefficient (Wildman–Crippen LogP) is 0.463. The van der Waals surface area contributed by atoms with Crippen LogP contribution in [0, 0.1) is 0 Å². The Morgan fingerprint density at radius 1 is 1.90 bits per heavy atom. The van der Waals surface area contributed by atoms with E-state index >= 15 is 0 Å². The molecule has 1 saturated heterocycles. The number of cyclic esters (lactones) is 1. The van der Waals surface area contributed by atoms with Gasteiger partial charge in [0.25, 0.3) is 0 Å². The molecule has 3 nitrogen and oxygen atoms in total. The number of aliphatic hydroxyl groups is 1. The minimum Gasteiger partial charge on any atom is -0.460 e. The second-order valence-electron chi connectivity index (χ2n) is 2.54. The molecule has 0 aromatic rings. The van der Waals surface area contributed by atoms with Crippen LogP contribution in [0.5, 0.6) is 0 Å². The normalized spacial score (nSPS) is 28.2. The molecule has 0 radical (unpaired) electrons. The highest BCUT2D eigenvalue weighted by atomic mass is 16.6. The summed E-state index contributed by atoms with van der Waals surface area (Å²) in [5, 5.41) is 9.20. The first-order valence-electron chi connectivity index (χ1n) is 3.61. The number of rotatable bonds is 2. The average Bonchev–Trinajstić information content (AvgIpc) is 2.34. The smallest absolute Gasteiger partial charge is 0.306 e. The number of aliphatic hydroxyl groups excluding tert-OH is 1. The zero-order valence-electron chi connectivity index (χ0n) is 6.04. The number of esters is 1. The lowest BCUT2D eigenvalue weighted by molar-refractivity contribution is -0.145. The third-order valence-corrected chi connectivity index (χ3v) is 1.76. The lowest BCUT2D eigenvalue weighted by Gasteiger charge is -2.13.